The van der Waals surface area contributed by atoms with Crippen molar-refractivity contribution in [2.24, 2.45) is 0 Å². The zero-order valence-corrected chi connectivity index (χ0v) is 36.9. The fraction of sp³-hybridized carbons (Fsp3) is 0.922. The lowest BCUT2D eigenvalue weighted by molar-refractivity contribution is -0.0157. The van der Waals surface area contributed by atoms with Crippen LogP contribution in [0, 0.1) is 0 Å². The number of hydrogen-bond donors (Lipinski definition) is 1. The number of rotatable bonds is 47. The third kappa shape index (κ3) is 44.0. The summed E-state index contributed by atoms with van der Waals surface area (Å²) in [6.07, 6.45) is 63.1. The van der Waals surface area contributed by atoms with Crippen LogP contribution in [0.3, 0.4) is 0 Å². The summed E-state index contributed by atoms with van der Waals surface area (Å²) in [5.74, 6) is 0. The molecule has 0 aromatic rings. The Kier molecular flexibility index (Phi) is 47.0. The Morgan fingerprint density at radius 3 is 1.08 bits per heavy atom. The number of allylic oxidation sites excluding steroid dienone is 2. The van der Waals surface area contributed by atoms with E-state index in [1.807, 2.05) is 6.08 Å². The van der Waals surface area contributed by atoms with Gasteiger partial charge in [0.05, 0.1) is 6.10 Å². The molecule has 0 fully saturated rings. The van der Waals surface area contributed by atoms with Crippen LogP contribution < -0.4 is 0 Å². The lowest BCUT2D eigenvalue weighted by Gasteiger charge is -2.21. The van der Waals surface area contributed by atoms with Crippen molar-refractivity contribution in [2.45, 2.75) is 296 Å². The fourth-order valence-corrected chi connectivity index (χ4v) is 7.90. The molecule has 0 saturated heterocycles. The number of unbranched alkanes of at least 4 members (excludes halogenated alkanes) is 38. The van der Waals surface area contributed by atoms with Crippen molar-refractivity contribution in [3.8, 4) is 0 Å². The molecule has 0 amide bonds. The first-order valence-corrected chi connectivity index (χ1v) is 24.8. The lowest BCUT2D eigenvalue weighted by Crippen LogP contribution is -2.27. The van der Waals surface area contributed by atoms with Crippen molar-refractivity contribution in [3.63, 3.8) is 0 Å². The molecule has 316 valence electrons. The highest BCUT2D eigenvalue weighted by atomic mass is 16.5. The predicted octanol–water partition coefficient (Wildman–Crippen LogP) is 17.9. The maximum Gasteiger partial charge on any atom is 0.101 e. The Labute approximate surface area is 336 Å². The highest BCUT2D eigenvalue weighted by molar-refractivity contribution is 4.93. The molecule has 0 aromatic heterocycles. The van der Waals surface area contributed by atoms with Crippen molar-refractivity contribution >= 4 is 0 Å². The van der Waals surface area contributed by atoms with E-state index in [0.29, 0.717) is 0 Å². The van der Waals surface area contributed by atoms with Crippen LogP contribution in [0.1, 0.15) is 284 Å². The highest BCUT2D eigenvalue weighted by Gasteiger charge is 2.16. The zero-order chi connectivity index (χ0) is 38.4. The summed E-state index contributed by atoms with van der Waals surface area (Å²) < 4.78 is 6.31. The largest absolute Gasteiger partial charge is 0.390 e. The van der Waals surface area contributed by atoms with Gasteiger partial charge in [-0.15, -0.1) is 6.58 Å². The molecule has 0 aromatic carbocycles. The molecule has 0 radical (unpaired) electrons. The van der Waals surface area contributed by atoms with Gasteiger partial charge in [-0.25, -0.2) is 0 Å². The van der Waals surface area contributed by atoms with Crippen molar-refractivity contribution in [3.05, 3.63) is 24.8 Å². The van der Waals surface area contributed by atoms with E-state index in [0.717, 1.165) is 32.3 Å². The smallest absolute Gasteiger partial charge is 0.101 e. The second-order valence-electron chi connectivity index (χ2n) is 17.1. The van der Waals surface area contributed by atoms with Gasteiger partial charge in [-0.3, -0.25) is 0 Å². The van der Waals surface area contributed by atoms with E-state index in [1.54, 1.807) is 0 Å². The van der Waals surface area contributed by atoms with E-state index >= 15 is 0 Å². The van der Waals surface area contributed by atoms with Crippen LogP contribution in [-0.4, -0.2) is 23.9 Å². The van der Waals surface area contributed by atoms with Gasteiger partial charge in [-0.2, -0.15) is 0 Å². The van der Waals surface area contributed by atoms with Gasteiger partial charge < -0.3 is 9.84 Å². The lowest BCUT2D eigenvalue weighted by atomic mass is 10.0. The normalized spacial score (nSPS) is 13.0. The van der Waals surface area contributed by atoms with E-state index in [9.17, 15) is 5.11 Å². The minimum Gasteiger partial charge on any atom is -0.390 e. The molecule has 0 aliphatic carbocycles. The van der Waals surface area contributed by atoms with Crippen LogP contribution in [0.15, 0.2) is 24.8 Å². The van der Waals surface area contributed by atoms with Crippen molar-refractivity contribution < 1.29 is 9.84 Å². The first-order valence-electron chi connectivity index (χ1n) is 24.8. The second kappa shape index (κ2) is 47.6. The van der Waals surface area contributed by atoms with E-state index < -0.39 is 0 Å². The zero-order valence-electron chi connectivity index (χ0n) is 36.9. The summed E-state index contributed by atoms with van der Waals surface area (Å²) in [6, 6.07) is 0. The van der Waals surface area contributed by atoms with Gasteiger partial charge in [-0.1, -0.05) is 263 Å². The van der Waals surface area contributed by atoms with Gasteiger partial charge >= 0.3 is 0 Å². The van der Waals surface area contributed by atoms with Crippen molar-refractivity contribution in [1.82, 2.24) is 0 Å². The number of ether oxygens (including phenoxy) is 1. The average molecular weight is 745 g/mol. The molecule has 0 aliphatic heterocycles. The van der Waals surface area contributed by atoms with Gasteiger partial charge in [0, 0.05) is 6.61 Å². The van der Waals surface area contributed by atoms with E-state index in [1.165, 1.54) is 244 Å². The Bertz CT molecular complexity index is 686. The minimum atomic E-state index is -0.363. The first kappa shape index (κ1) is 52.4. The van der Waals surface area contributed by atoms with Crippen LogP contribution in [0.4, 0.5) is 0 Å². The third-order valence-electron chi connectivity index (χ3n) is 11.6. The summed E-state index contributed by atoms with van der Waals surface area (Å²) >= 11 is 0. The molecule has 2 nitrogen and oxygen atoms in total. The maximum atomic E-state index is 11.1. The molecule has 0 rings (SSSR count). The molecule has 0 aliphatic rings. The molecule has 2 atom stereocenters. The van der Waals surface area contributed by atoms with Gasteiger partial charge in [0.1, 0.15) is 6.10 Å². The monoisotopic (exact) mass is 745 g/mol. The van der Waals surface area contributed by atoms with E-state index in [2.05, 4.69) is 32.6 Å². The summed E-state index contributed by atoms with van der Waals surface area (Å²) in [6.45, 7) is 9.18. The van der Waals surface area contributed by atoms with Gasteiger partial charge in [0.15, 0.2) is 0 Å². The number of aliphatic hydroxyl groups is 1. The standard InChI is InChI=1S/C51H100O2/c1-4-7-10-13-16-18-20-22-24-25-26-27-28-29-30-32-34-36-38-40-43-46-49-53-51(48-45-42-15-12-9-6-3)50(52)47-44-41-39-37-35-33-31-23-21-19-17-14-11-8-5-2/h5,45,48,50-52H,2,4,6-44,46-47,49H2,1,3H3. The highest BCUT2D eigenvalue weighted by Crippen LogP contribution is 2.18. The van der Waals surface area contributed by atoms with Crippen molar-refractivity contribution in [2.75, 3.05) is 6.61 Å². The molecule has 2 heteroatoms. The molecule has 0 heterocycles. The van der Waals surface area contributed by atoms with Crippen LogP contribution in [0.2, 0.25) is 0 Å². The summed E-state index contributed by atoms with van der Waals surface area (Å²) in [7, 11) is 0. The fourth-order valence-electron chi connectivity index (χ4n) is 7.90. The SMILES string of the molecule is C=CCCCCCCCCCCCCCCCC(O)C(C=CCCCCCC)OCCCCCCCCCCCCCCCCCCCCCCCC. The maximum absolute atomic E-state index is 11.1. The topological polar surface area (TPSA) is 29.5 Å². The predicted molar refractivity (Wildman–Crippen MR) is 240 cm³/mol. The first-order chi connectivity index (χ1) is 26.3. The second-order valence-corrected chi connectivity index (χ2v) is 17.1. The van der Waals surface area contributed by atoms with E-state index in [4.69, 9.17) is 4.74 Å². The Hall–Kier alpha value is -0.600. The van der Waals surface area contributed by atoms with Crippen LogP contribution in [-0.2, 0) is 4.74 Å². The molecule has 53 heavy (non-hydrogen) atoms. The number of hydrogen-bond acceptors (Lipinski definition) is 2. The molecular formula is C51H100O2. The quantitative estimate of drug-likeness (QED) is 0.0497. The number of aliphatic hydroxyl groups excluding tert-OH is 1. The van der Waals surface area contributed by atoms with Gasteiger partial charge in [0.25, 0.3) is 0 Å². The Morgan fingerprint density at radius 2 is 0.698 bits per heavy atom. The Balaban J connectivity index is 3.79. The third-order valence-corrected chi connectivity index (χ3v) is 11.6. The molecule has 2 unspecified atom stereocenters. The molecule has 0 spiro atoms. The average Bonchev–Trinajstić information content (AvgIpc) is 3.17. The van der Waals surface area contributed by atoms with Crippen LogP contribution in [0.5, 0.6) is 0 Å². The molecule has 0 saturated carbocycles. The molecule has 0 bridgehead atoms. The molecular weight excluding hydrogens is 645 g/mol. The summed E-state index contributed by atoms with van der Waals surface area (Å²) in [4.78, 5) is 0. The molecule has 1 N–H and O–H groups in total. The Morgan fingerprint density at radius 1 is 0.396 bits per heavy atom. The summed E-state index contributed by atoms with van der Waals surface area (Å²) in [5.41, 5.74) is 0. The van der Waals surface area contributed by atoms with Gasteiger partial charge in [0.2, 0.25) is 0 Å². The van der Waals surface area contributed by atoms with E-state index in [-0.39, 0.29) is 12.2 Å². The van der Waals surface area contributed by atoms with Crippen molar-refractivity contribution in [1.29, 1.82) is 0 Å². The van der Waals surface area contributed by atoms with Gasteiger partial charge in [-0.05, 0) is 38.5 Å². The van der Waals surface area contributed by atoms with Crippen LogP contribution >= 0.6 is 0 Å². The minimum absolute atomic E-state index is 0.127. The van der Waals surface area contributed by atoms with Crippen LogP contribution in [0.25, 0.3) is 0 Å². The summed E-state index contributed by atoms with van der Waals surface area (Å²) in [5, 5.41) is 11.1.